The van der Waals surface area contributed by atoms with E-state index in [1.807, 2.05) is 0 Å². The van der Waals surface area contributed by atoms with Crippen LogP contribution >= 0.6 is 0 Å². The van der Waals surface area contributed by atoms with Gasteiger partial charge in [-0.3, -0.25) is 0 Å². The molecule has 2 aliphatic carbocycles. The zero-order chi connectivity index (χ0) is 14.8. The van der Waals surface area contributed by atoms with Crippen molar-refractivity contribution in [2.75, 3.05) is 13.2 Å². The summed E-state index contributed by atoms with van der Waals surface area (Å²) in [7, 11) is 0. The van der Waals surface area contributed by atoms with E-state index in [9.17, 15) is 10.2 Å². The fraction of sp³-hybridized carbons (Fsp3) is 1.00. The Bertz CT molecular complexity index is 195. The minimum absolute atomic E-state index is 0.104. The zero-order valence-corrected chi connectivity index (χ0v) is 12.6. The third-order valence-corrected chi connectivity index (χ3v) is 4.63. The Kier molecular flexibility index (Phi) is 9.44. The van der Waals surface area contributed by atoms with Gasteiger partial charge in [-0.15, -0.1) is 0 Å². The maximum atomic E-state index is 9.22. The summed E-state index contributed by atoms with van der Waals surface area (Å²) in [5, 5.41) is 36.0. The lowest BCUT2D eigenvalue weighted by atomic mass is 9.83. The molecule has 0 spiro atoms. The Labute approximate surface area is 122 Å². The van der Waals surface area contributed by atoms with Gasteiger partial charge in [-0.2, -0.15) is 0 Å². The second-order valence-corrected chi connectivity index (χ2v) is 6.42. The smallest absolute Gasteiger partial charge is 0.0540 e. The van der Waals surface area contributed by atoms with Crippen molar-refractivity contribution >= 4 is 0 Å². The minimum atomic E-state index is -0.104. The van der Waals surface area contributed by atoms with Gasteiger partial charge in [0.2, 0.25) is 0 Å². The summed E-state index contributed by atoms with van der Waals surface area (Å²) in [6.07, 6.45) is 9.62. The summed E-state index contributed by atoms with van der Waals surface area (Å²) in [4.78, 5) is 0. The van der Waals surface area contributed by atoms with Crippen LogP contribution in [0.15, 0.2) is 0 Å². The molecule has 2 saturated carbocycles. The maximum Gasteiger partial charge on any atom is 0.0540 e. The molecule has 0 atom stereocenters. The van der Waals surface area contributed by atoms with Crippen molar-refractivity contribution in [2.45, 2.75) is 76.4 Å². The number of aliphatic hydroxyl groups is 4. The van der Waals surface area contributed by atoms with E-state index in [1.165, 1.54) is 0 Å². The fourth-order valence-corrected chi connectivity index (χ4v) is 3.06. The molecule has 2 fully saturated rings. The molecule has 120 valence electrons. The van der Waals surface area contributed by atoms with E-state index < -0.39 is 0 Å². The number of hydrogen-bond donors (Lipinski definition) is 4. The molecule has 20 heavy (non-hydrogen) atoms. The van der Waals surface area contributed by atoms with Gasteiger partial charge >= 0.3 is 0 Å². The predicted molar refractivity (Wildman–Crippen MR) is 79.3 cm³/mol. The van der Waals surface area contributed by atoms with Crippen molar-refractivity contribution in [3.63, 3.8) is 0 Å². The van der Waals surface area contributed by atoms with E-state index >= 15 is 0 Å². The first-order valence-electron chi connectivity index (χ1n) is 8.23. The highest BCUT2D eigenvalue weighted by Gasteiger charge is 2.19. The zero-order valence-electron chi connectivity index (χ0n) is 12.6. The molecule has 2 rings (SSSR count). The normalized spacial score (nSPS) is 35.4. The van der Waals surface area contributed by atoms with E-state index in [4.69, 9.17) is 10.2 Å². The molecule has 4 heteroatoms. The minimum Gasteiger partial charge on any atom is -0.396 e. The lowest BCUT2D eigenvalue weighted by Gasteiger charge is -2.25. The molecule has 0 saturated heterocycles. The van der Waals surface area contributed by atoms with Crippen LogP contribution in [0.3, 0.4) is 0 Å². The Morgan fingerprint density at radius 1 is 0.550 bits per heavy atom. The van der Waals surface area contributed by atoms with Gasteiger partial charge in [0.15, 0.2) is 0 Å². The van der Waals surface area contributed by atoms with Crippen molar-refractivity contribution < 1.29 is 20.4 Å². The van der Waals surface area contributed by atoms with E-state index in [0.717, 1.165) is 64.2 Å². The van der Waals surface area contributed by atoms with Crippen molar-refractivity contribution in [1.29, 1.82) is 0 Å². The average Bonchev–Trinajstić information content (AvgIpc) is 2.46. The third kappa shape index (κ3) is 7.58. The van der Waals surface area contributed by atoms with Crippen LogP contribution in [0.5, 0.6) is 0 Å². The predicted octanol–water partition coefficient (Wildman–Crippen LogP) is 1.84. The standard InChI is InChI=1S/2C8H16O2/c9-7-3-1-4-8(10)6-2-5-7;9-5-7-1-2-8(6-10)4-3-7/h2*7-10H,1-6H2/t2*7-,8+. The largest absolute Gasteiger partial charge is 0.396 e. The summed E-state index contributed by atoms with van der Waals surface area (Å²) in [5.41, 5.74) is 0. The SMILES string of the molecule is OC[C@H]1CC[C@@H](CO)CC1.O[C@H]1CCC[C@@H](O)CCC1. The quantitative estimate of drug-likeness (QED) is 0.625. The molecular formula is C16H32O4. The Hall–Kier alpha value is -0.160. The van der Waals surface area contributed by atoms with E-state index in [2.05, 4.69) is 0 Å². The molecule has 0 aromatic carbocycles. The summed E-state index contributed by atoms with van der Waals surface area (Å²) in [5.74, 6) is 1.03. The highest BCUT2D eigenvalue weighted by atomic mass is 16.3. The van der Waals surface area contributed by atoms with Crippen molar-refractivity contribution in [3.8, 4) is 0 Å². The van der Waals surface area contributed by atoms with Crippen LogP contribution in [-0.4, -0.2) is 45.8 Å². The number of hydrogen-bond acceptors (Lipinski definition) is 4. The van der Waals surface area contributed by atoms with Gasteiger partial charge in [0.25, 0.3) is 0 Å². The van der Waals surface area contributed by atoms with Crippen LogP contribution in [0.4, 0.5) is 0 Å². The van der Waals surface area contributed by atoms with Gasteiger partial charge in [0.05, 0.1) is 12.2 Å². The fourth-order valence-electron chi connectivity index (χ4n) is 3.06. The van der Waals surface area contributed by atoms with Crippen molar-refractivity contribution in [2.24, 2.45) is 11.8 Å². The lowest BCUT2D eigenvalue weighted by Crippen LogP contribution is -2.19. The molecule has 0 aromatic rings. The van der Waals surface area contributed by atoms with Gasteiger partial charge in [0.1, 0.15) is 0 Å². The molecule has 0 aliphatic heterocycles. The van der Waals surface area contributed by atoms with Crippen molar-refractivity contribution in [3.05, 3.63) is 0 Å². The summed E-state index contributed by atoms with van der Waals surface area (Å²) >= 11 is 0. The molecule has 0 aromatic heterocycles. The molecule has 0 amide bonds. The Balaban J connectivity index is 0.000000200. The number of aliphatic hydroxyl groups excluding tert-OH is 4. The van der Waals surface area contributed by atoms with Crippen LogP contribution < -0.4 is 0 Å². The monoisotopic (exact) mass is 288 g/mol. The maximum absolute atomic E-state index is 9.22. The molecule has 4 nitrogen and oxygen atoms in total. The van der Waals surface area contributed by atoms with Crippen LogP contribution in [0.2, 0.25) is 0 Å². The highest BCUT2D eigenvalue weighted by Crippen LogP contribution is 2.27. The first-order chi connectivity index (χ1) is 9.65. The topological polar surface area (TPSA) is 80.9 Å². The van der Waals surface area contributed by atoms with E-state index in [-0.39, 0.29) is 12.2 Å². The second-order valence-electron chi connectivity index (χ2n) is 6.42. The van der Waals surface area contributed by atoms with Gasteiger partial charge in [0, 0.05) is 13.2 Å². The highest BCUT2D eigenvalue weighted by molar-refractivity contribution is 4.71. The molecule has 0 radical (unpaired) electrons. The van der Waals surface area contributed by atoms with E-state index in [1.54, 1.807) is 0 Å². The van der Waals surface area contributed by atoms with Gasteiger partial charge in [-0.05, 0) is 76.0 Å². The van der Waals surface area contributed by atoms with Crippen LogP contribution in [0.1, 0.15) is 64.2 Å². The molecule has 4 N–H and O–H groups in total. The molecule has 2 aliphatic rings. The van der Waals surface area contributed by atoms with Gasteiger partial charge in [-0.1, -0.05) is 0 Å². The Morgan fingerprint density at radius 3 is 1.10 bits per heavy atom. The second kappa shape index (κ2) is 10.6. The van der Waals surface area contributed by atoms with Crippen LogP contribution in [0, 0.1) is 11.8 Å². The van der Waals surface area contributed by atoms with Gasteiger partial charge < -0.3 is 20.4 Å². The molecular weight excluding hydrogens is 256 g/mol. The Morgan fingerprint density at radius 2 is 0.850 bits per heavy atom. The van der Waals surface area contributed by atoms with E-state index in [0.29, 0.717) is 25.0 Å². The van der Waals surface area contributed by atoms with Crippen LogP contribution in [0.25, 0.3) is 0 Å². The average molecular weight is 288 g/mol. The first-order valence-corrected chi connectivity index (χ1v) is 8.23. The molecule has 0 bridgehead atoms. The summed E-state index contributed by atoms with van der Waals surface area (Å²) < 4.78 is 0. The molecule has 0 unspecified atom stereocenters. The number of rotatable bonds is 2. The van der Waals surface area contributed by atoms with Crippen molar-refractivity contribution in [1.82, 2.24) is 0 Å². The lowest BCUT2D eigenvalue weighted by molar-refractivity contribution is 0.0953. The summed E-state index contributed by atoms with van der Waals surface area (Å²) in [6, 6.07) is 0. The first kappa shape index (κ1) is 17.9. The summed E-state index contributed by atoms with van der Waals surface area (Å²) in [6.45, 7) is 0.663. The molecule has 0 heterocycles. The van der Waals surface area contributed by atoms with Gasteiger partial charge in [-0.25, -0.2) is 0 Å². The third-order valence-electron chi connectivity index (χ3n) is 4.63. The van der Waals surface area contributed by atoms with Crippen LogP contribution in [-0.2, 0) is 0 Å².